The third-order valence-electron chi connectivity index (χ3n) is 3.17. The van der Waals surface area contributed by atoms with Gasteiger partial charge < -0.3 is 19.2 Å². The lowest BCUT2D eigenvalue weighted by Gasteiger charge is -2.06. The van der Waals surface area contributed by atoms with E-state index in [4.69, 9.17) is 13.9 Å². The average Bonchev–Trinajstić information content (AvgIpc) is 3.12. The highest BCUT2D eigenvalue weighted by atomic mass is 16.5. The van der Waals surface area contributed by atoms with Crippen LogP contribution in [0.3, 0.4) is 0 Å². The Hall–Kier alpha value is -3.02. The molecule has 1 heterocycles. The minimum Gasteiger partial charge on any atom is -0.497 e. The van der Waals surface area contributed by atoms with E-state index in [1.165, 1.54) is 18.4 Å². The zero-order valence-corrected chi connectivity index (χ0v) is 13.4. The molecule has 0 spiro atoms. The first-order valence-corrected chi connectivity index (χ1v) is 7.45. The first kappa shape index (κ1) is 17.3. The molecule has 0 aliphatic carbocycles. The van der Waals surface area contributed by atoms with Gasteiger partial charge in [-0.3, -0.25) is 4.79 Å². The Labute approximate surface area is 140 Å². The average molecular weight is 329 g/mol. The molecule has 0 bridgehead atoms. The second-order valence-corrected chi connectivity index (χ2v) is 4.90. The third kappa shape index (κ3) is 6.00. The molecule has 2 aromatic rings. The molecule has 0 saturated heterocycles. The van der Waals surface area contributed by atoms with Gasteiger partial charge in [0.05, 0.1) is 13.4 Å². The van der Waals surface area contributed by atoms with E-state index in [2.05, 4.69) is 5.32 Å². The van der Waals surface area contributed by atoms with Crippen LogP contribution in [0, 0.1) is 0 Å². The van der Waals surface area contributed by atoms with Crippen LogP contribution in [0.15, 0.2) is 53.2 Å². The number of rotatable bonds is 8. The molecule has 2 rings (SSSR count). The van der Waals surface area contributed by atoms with E-state index in [1.807, 2.05) is 24.3 Å². The lowest BCUT2D eigenvalue weighted by Crippen LogP contribution is -2.30. The van der Waals surface area contributed by atoms with Crippen molar-refractivity contribution in [2.75, 3.05) is 20.3 Å². The van der Waals surface area contributed by atoms with E-state index in [-0.39, 0.29) is 12.5 Å². The van der Waals surface area contributed by atoms with Crippen molar-refractivity contribution in [1.82, 2.24) is 5.32 Å². The third-order valence-corrected chi connectivity index (χ3v) is 3.17. The summed E-state index contributed by atoms with van der Waals surface area (Å²) in [5, 5.41) is 2.69. The summed E-state index contributed by atoms with van der Waals surface area (Å²) in [4.78, 5) is 23.1. The molecule has 1 N–H and O–H groups in total. The fourth-order valence-electron chi connectivity index (χ4n) is 1.91. The van der Waals surface area contributed by atoms with Gasteiger partial charge in [0, 0.05) is 12.6 Å². The number of carbonyl (C=O) groups excluding carboxylic acids is 2. The number of carbonyl (C=O) groups is 2. The summed E-state index contributed by atoms with van der Waals surface area (Å²) in [5.41, 5.74) is 1.08. The second-order valence-electron chi connectivity index (χ2n) is 4.90. The molecule has 1 aromatic carbocycles. The van der Waals surface area contributed by atoms with E-state index in [1.54, 1.807) is 19.2 Å². The summed E-state index contributed by atoms with van der Waals surface area (Å²) < 4.78 is 15.0. The van der Waals surface area contributed by atoms with Crippen LogP contribution in [0.4, 0.5) is 0 Å². The molecule has 0 fully saturated rings. The number of esters is 1. The molecule has 6 heteroatoms. The lowest BCUT2D eigenvalue weighted by molar-refractivity contribution is -0.143. The Balaban J connectivity index is 1.63. The number of methoxy groups -OCH3 is 1. The van der Waals surface area contributed by atoms with Crippen LogP contribution in [0.25, 0.3) is 6.08 Å². The number of ether oxygens (including phenoxy) is 2. The predicted molar refractivity (Wildman–Crippen MR) is 88.4 cm³/mol. The van der Waals surface area contributed by atoms with Crippen molar-refractivity contribution in [3.63, 3.8) is 0 Å². The number of benzene rings is 1. The largest absolute Gasteiger partial charge is 0.497 e. The second kappa shape index (κ2) is 9.19. The Morgan fingerprint density at radius 1 is 1.21 bits per heavy atom. The summed E-state index contributed by atoms with van der Waals surface area (Å²) >= 11 is 0. The zero-order valence-electron chi connectivity index (χ0n) is 13.4. The highest BCUT2D eigenvalue weighted by Crippen LogP contribution is 2.11. The van der Waals surface area contributed by atoms with Crippen LogP contribution < -0.4 is 10.1 Å². The normalized spacial score (nSPS) is 10.5. The predicted octanol–water partition coefficient (Wildman–Crippen LogP) is 2.20. The van der Waals surface area contributed by atoms with Gasteiger partial charge in [0.2, 0.25) is 0 Å². The Kier molecular flexibility index (Phi) is 6.64. The van der Waals surface area contributed by atoms with Crippen LogP contribution >= 0.6 is 0 Å². The number of hydrogen-bond acceptors (Lipinski definition) is 5. The van der Waals surface area contributed by atoms with E-state index >= 15 is 0 Å². The van der Waals surface area contributed by atoms with Crippen molar-refractivity contribution in [2.24, 2.45) is 0 Å². The Morgan fingerprint density at radius 2 is 2.00 bits per heavy atom. The van der Waals surface area contributed by atoms with Crippen molar-refractivity contribution in [2.45, 2.75) is 6.42 Å². The molecule has 126 valence electrons. The van der Waals surface area contributed by atoms with Gasteiger partial charge in [0.15, 0.2) is 6.61 Å². The molecule has 0 saturated carbocycles. The van der Waals surface area contributed by atoms with Crippen molar-refractivity contribution < 1.29 is 23.5 Å². The van der Waals surface area contributed by atoms with Crippen LogP contribution in [0.5, 0.6) is 5.75 Å². The molecule has 1 aromatic heterocycles. The van der Waals surface area contributed by atoms with Crippen molar-refractivity contribution in [1.29, 1.82) is 0 Å². The van der Waals surface area contributed by atoms with Gasteiger partial charge in [-0.05, 0) is 42.3 Å². The van der Waals surface area contributed by atoms with Crippen LogP contribution in [0.2, 0.25) is 0 Å². The summed E-state index contributed by atoms with van der Waals surface area (Å²) in [6, 6.07) is 11.0. The van der Waals surface area contributed by atoms with E-state index in [0.29, 0.717) is 18.7 Å². The topological polar surface area (TPSA) is 77.8 Å². The fraction of sp³-hybridized carbons (Fsp3) is 0.222. The zero-order chi connectivity index (χ0) is 17.2. The molecule has 0 radical (unpaired) electrons. The van der Waals surface area contributed by atoms with Gasteiger partial charge in [-0.1, -0.05) is 12.1 Å². The molecular formula is C18H19NO5. The lowest BCUT2D eigenvalue weighted by atomic mass is 10.1. The van der Waals surface area contributed by atoms with Gasteiger partial charge in [-0.15, -0.1) is 0 Å². The van der Waals surface area contributed by atoms with Gasteiger partial charge in [0.1, 0.15) is 11.5 Å². The fourth-order valence-corrected chi connectivity index (χ4v) is 1.91. The van der Waals surface area contributed by atoms with Gasteiger partial charge in [0.25, 0.3) is 5.91 Å². The molecule has 1 amide bonds. The van der Waals surface area contributed by atoms with Crippen molar-refractivity contribution >= 4 is 18.0 Å². The monoisotopic (exact) mass is 329 g/mol. The quantitative estimate of drug-likeness (QED) is 0.593. The Morgan fingerprint density at radius 3 is 2.67 bits per heavy atom. The van der Waals surface area contributed by atoms with Crippen LogP contribution in [0.1, 0.15) is 11.3 Å². The number of hydrogen-bond donors (Lipinski definition) is 1. The maximum atomic E-state index is 11.6. The summed E-state index contributed by atoms with van der Waals surface area (Å²) in [5.74, 6) is 0.383. The molecule has 0 atom stereocenters. The summed E-state index contributed by atoms with van der Waals surface area (Å²) in [7, 11) is 1.61. The maximum Gasteiger partial charge on any atom is 0.331 e. The molecule has 0 aliphatic heterocycles. The van der Waals surface area contributed by atoms with Crippen molar-refractivity contribution in [3.8, 4) is 5.75 Å². The van der Waals surface area contributed by atoms with E-state index < -0.39 is 5.97 Å². The van der Waals surface area contributed by atoms with E-state index in [9.17, 15) is 9.59 Å². The van der Waals surface area contributed by atoms with Gasteiger partial charge >= 0.3 is 5.97 Å². The number of amides is 1. The number of nitrogens with one attached hydrogen (secondary N) is 1. The molecular weight excluding hydrogens is 310 g/mol. The molecule has 24 heavy (non-hydrogen) atoms. The Bertz CT molecular complexity index is 674. The minimum absolute atomic E-state index is 0.316. The first-order chi connectivity index (χ1) is 11.7. The first-order valence-electron chi connectivity index (χ1n) is 7.45. The molecule has 0 unspecified atom stereocenters. The standard InChI is InChI=1S/C18H19NO5/c1-22-15-6-4-14(5-7-15)10-11-19-17(20)13-24-18(21)9-8-16-3-2-12-23-16/h2-9,12H,10-11,13H2,1H3,(H,19,20)/b9-8+. The van der Waals surface area contributed by atoms with Gasteiger partial charge in [-0.2, -0.15) is 0 Å². The van der Waals surface area contributed by atoms with Crippen LogP contribution in [-0.2, 0) is 20.7 Å². The van der Waals surface area contributed by atoms with Crippen LogP contribution in [-0.4, -0.2) is 32.1 Å². The smallest absolute Gasteiger partial charge is 0.331 e. The SMILES string of the molecule is COc1ccc(CCNC(=O)COC(=O)/C=C/c2ccco2)cc1. The summed E-state index contributed by atoms with van der Waals surface area (Å²) in [6.07, 6.45) is 4.87. The number of furan rings is 1. The molecule has 6 nitrogen and oxygen atoms in total. The summed E-state index contributed by atoms with van der Waals surface area (Å²) in [6.45, 7) is 0.148. The maximum absolute atomic E-state index is 11.6. The highest BCUT2D eigenvalue weighted by Gasteiger charge is 2.05. The van der Waals surface area contributed by atoms with E-state index in [0.717, 1.165) is 11.3 Å². The van der Waals surface area contributed by atoms with Gasteiger partial charge in [-0.25, -0.2) is 4.79 Å². The minimum atomic E-state index is -0.600. The van der Waals surface area contributed by atoms with Crippen molar-refractivity contribution in [3.05, 3.63) is 60.1 Å². The molecule has 0 aliphatic rings. The highest BCUT2D eigenvalue weighted by molar-refractivity contribution is 5.88.